The Balaban J connectivity index is 1.16. The SMILES string of the molecule is CCOC(=O)C1(c2ccc(-c3ccc(-c4onc(C)c4C(O)CC[C@H]4CCc5ccccc54)cc3)cc2)CC1. The van der Waals surface area contributed by atoms with Crippen molar-refractivity contribution in [3.8, 4) is 22.5 Å². The van der Waals surface area contributed by atoms with Crippen LogP contribution >= 0.6 is 0 Å². The lowest BCUT2D eigenvalue weighted by atomic mass is 9.91. The summed E-state index contributed by atoms with van der Waals surface area (Å²) >= 11 is 0. The molecular weight excluding hydrogens is 486 g/mol. The standard InChI is InChI=1S/C34H35NO4/c1-3-38-33(37)34(20-21-34)28-17-14-24(15-18-28)23-8-12-27(13-9-23)32-31(22(2)35-39-32)30(36)19-16-26-11-10-25-6-4-5-7-29(25)26/h4-9,12-15,17-18,26,30,36H,3,10-11,16,19-21H2,1-2H3/t26-,30?/m1/s1. The van der Waals surface area contributed by atoms with Crippen LogP contribution in [0.4, 0.5) is 0 Å². The van der Waals surface area contributed by atoms with E-state index in [2.05, 4.69) is 53.7 Å². The van der Waals surface area contributed by atoms with E-state index < -0.39 is 11.5 Å². The highest BCUT2D eigenvalue weighted by Crippen LogP contribution is 2.49. The fraction of sp³-hybridized carbons (Fsp3) is 0.353. The molecule has 0 saturated heterocycles. The second kappa shape index (κ2) is 10.5. The first kappa shape index (κ1) is 25.6. The smallest absolute Gasteiger partial charge is 0.316 e. The highest BCUT2D eigenvalue weighted by Gasteiger charge is 2.52. The number of benzene rings is 3. The number of ether oxygens (including phenoxy) is 1. The monoisotopic (exact) mass is 521 g/mol. The fourth-order valence-corrected chi connectivity index (χ4v) is 6.23. The van der Waals surface area contributed by atoms with Gasteiger partial charge in [-0.2, -0.15) is 0 Å². The van der Waals surface area contributed by atoms with E-state index in [1.807, 2.05) is 38.1 Å². The van der Waals surface area contributed by atoms with Gasteiger partial charge in [0, 0.05) is 5.56 Å². The van der Waals surface area contributed by atoms with Crippen LogP contribution in [0.15, 0.2) is 77.3 Å². The summed E-state index contributed by atoms with van der Waals surface area (Å²) in [5.41, 5.74) is 8.02. The number of fused-ring (bicyclic) bond motifs is 1. The molecule has 1 fully saturated rings. The highest BCUT2D eigenvalue weighted by molar-refractivity contribution is 5.87. The van der Waals surface area contributed by atoms with Crippen molar-refractivity contribution >= 4 is 5.97 Å². The number of aryl methyl sites for hydroxylation is 2. The van der Waals surface area contributed by atoms with Crippen LogP contribution in [0.2, 0.25) is 0 Å². The average molecular weight is 522 g/mol. The number of esters is 1. The van der Waals surface area contributed by atoms with E-state index in [-0.39, 0.29) is 5.97 Å². The minimum absolute atomic E-state index is 0.115. The van der Waals surface area contributed by atoms with Gasteiger partial charge in [0.25, 0.3) is 0 Å². The summed E-state index contributed by atoms with van der Waals surface area (Å²) < 4.78 is 11.0. The highest BCUT2D eigenvalue weighted by atomic mass is 16.5. The molecule has 1 N–H and O–H groups in total. The molecule has 1 aromatic heterocycles. The molecule has 0 amide bonds. The second-order valence-corrected chi connectivity index (χ2v) is 11.0. The van der Waals surface area contributed by atoms with Crippen LogP contribution in [0.3, 0.4) is 0 Å². The van der Waals surface area contributed by atoms with Crippen molar-refractivity contribution in [3.05, 3.63) is 101 Å². The Bertz CT molecular complexity index is 1460. The Hall–Kier alpha value is -3.70. The van der Waals surface area contributed by atoms with E-state index in [0.717, 1.165) is 65.6 Å². The van der Waals surface area contributed by atoms with Crippen LogP contribution in [-0.2, 0) is 21.4 Å². The maximum Gasteiger partial charge on any atom is 0.316 e. The van der Waals surface area contributed by atoms with Gasteiger partial charge in [0.15, 0.2) is 5.76 Å². The molecule has 200 valence electrons. The molecule has 2 aliphatic carbocycles. The van der Waals surface area contributed by atoms with Crippen molar-refractivity contribution in [1.82, 2.24) is 5.16 Å². The molecule has 4 aromatic rings. The first-order valence-electron chi connectivity index (χ1n) is 14.1. The minimum Gasteiger partial charge on any atom is -0.465 e. The molecule has 0 aliphatic heterocycles. The predicted molar refractivity (Wildman–Crippen MR) is 151 cm³/mol. The number of rotatable bonds is 9. The minimum atomic E-state index is -0.625. The number of aliphatic hydroxyl groups is 1. The molecule has 5 nitrogen and oxygen atoms in total. The van der Waals surface area contributed by atoms with E-state index in [1.165, 1.54) is 11.1 Å². The Morgan fingerprint density at radius 3 is 2.38 bits per heavy atom. The molecule has 6 rings (SSSR count). The number of hydrogen-bond donors (Lipinski definition) is 1. The van der Waals surface area contributed by atoms with E-state index in [0.29, 0.717) is 24.7 Å². The molecule has 5 heteroatoms. The lowest BCUT2D eigenvalue weighted by molar-refractivity contribution is -0.146. The van der Waals surface area contributed by atoms with Crippen molar-refractivity contribution in [2.75, 3.05) is 6.61 Å². The maximum absolute atomic E-state index is 12.4. The van der Waals surface area contributed by atoms with Gasteiger partial charge in [0.05, 0.1) is 29.4 Å². The van der Waals surface area contributed by atoms with Crippen LogP contribution in [-0.4, -0.2) is 22.8 Å². The Morgan fingerprint density at radius 1 is 1.03 bits per heavy atom. The molecule has 2 atom stereocenters. The maximum atomic E-state index is 12.4. The molecule has 3 aromatic carbocycles. The third-order valence-electron chi connectivity index (χ3n) is 8.62. The molecule has 1 heterocycles. The van der Waals surface area contributed by atoms with E-state index in [4.69, 9.17) is 9.26 Å². The number of aromatic nitrogens is 1. The quantitative estimate of drug-likeness (QED) is 0.232. The summed E-state index contributed by atoms with van der Waals surface area (Å²) in [5, 5.41) is 15.4. The Morgan fingerprint density at radius 2 is 1.69 bits per heavy atom. The summed E-state index contributed by atoms with van der Waals surface area (Å²) in [4.78, 5) is 12.4. The molecule has 0 radical (unpaired) electrons. The molecule has 1 unspecified atom stereocenters. The Kier molecular flexibility index (Phi) is 6.86. The number of nitrogens with zero attached hydrogens (tertiary/aromatic N) is 1. The van der Waals surface area contributed by atoms with Gasteiger partial charge in [-0.25, -0.2) is 0 Å². The first-order valence-corrected chi connectivity index (χ1v) is 14.1. The third kappa shape index (κ3) is 4.80. The van der Waals surface area contributed by atoms with Crippen molar-refractivity contribution in [1.29, 1.82) is 0 Å². The fourth-order valence-electron chi connectivity index (χ4n) is 6.23. The summed E-state index contributed by atoms with van der Waals surface area (Å²) in [7, 11) is 0. The molecular formula is C34H35NO4. The number of carbonyl (C=O) groups excluding carboxylic acids is 1. The van der Waals surface area contributed by atoms with Crippen LogP contribution in [0.5, 0.6) is 0 Å². The summed E-state index contributed by atoms with van der Waals surface area (Å²) in [5.74, 6) is 1.02. The normalized spacial score (nSPS) is 18.0. The first-order chi connectivity index (χ1) is 19.0. The lowest BCUT2D eigenvalue weighted by Crippen LogP contribution is -2.23. The number of aliphatic hydroxyl groups excluding tert-OH is 1. The van der Waals surface area contributed by atoms with Crippen LogP contribution < -0.4 is 0 Å². The van der Waals surface area contributed by atoms with Crippen molar-refractivity contribution in [3.63, 3.8) is 0 Å². The van der Waals surface area contributed by atoms with Crippen molar-refractivity contribution in [2.24, 2.45) is 0 Å². The molecule has 39 heavy (non-hydrogen) atoms. The number of hydrogen-bond acceptors (Lipinski definition) is 5. The topological polar surface area (TPSA) is 72.6 Å². The van der Waals surface area contributed by atoms with Crippen LogP contribution in [0.25, 0.3) is 22.5 Å². The summed E-state index contributed by atoms with van der Waals surface area (Å²) in [6.45, 7) is 4.15. The third-order valence-corrected chi connectivity index (χ3v) is 8.62. The largest absolute Gasteiger partial charge is 0.465 e. The van der Waals surface area contributed by atoms with Gasteiger partial charge in [-0.1, -0.05) is 78.0 Å². The Labute approximate surface area is 229 Å². The molecule has 1 saturated carbocycles. The summed E-state index contributed by atoms with van der Waals surface area (Å²) in [6, 6.07) is 25.1. The zero-order valence-corrected chi connectivity index (χ0v) is 22.7. The van der Waals surface area contributed by atoms with Gasteiger partial charge in [-0.15, -0.1) is 0 Å². The lowest BCUT2D eigenvalue weighted by Gasteiger charge is -2.16. The summed E-state index contributed by atoms with van der Waals surface area (Å²) in [6.07, 6.45) is 4.95. The van der Waals surface area contributed by atoms with Gasteiger partial charge in [0.1, 0.15) is 0 Å². The molecule has 2 aliphatic rings. The zero-order chi connectivity index (χ0) is 27.0. The molecule has 0 spiro atoms. The van der Waals surface area contributed by atoms with Crippen molar-refractivity contribution < 1.29 is 19.2 Å². The van der Waals surface area contributed by atoms with Crippen LogP contribution in [0, 0.1) is 6.92 Å². The predicted octanol–water partition coefficient (Wildman–Crippen LogP) is 7.46. The van der Waals surface area contributed by atoms with Gasteiger partial charge in [-0.05, 0) is 86.1 Å². The van der Waals surface area contributed by atoms with Gasteiger partial charge < -0.3 is 14.4 Å². The van der Waals surface area contributed by atoms with Crippen molar-refractivity contribution in [2.45, 2.75) is 69.8 Å². The van der Waals surface area contributed by atoms with E-state index >= 15 is 0 Å². The van der Waals surface area contributed by atoms with Gasteiger partial charge >= 0.3 is 5.97 Å². The molecule has 0 bridgehead atoms. The van der Waals surface area contributed by atoms with E-state index in [9.17, 15) is 9.90 Å². The van der Waals surface area contributed by atoms with Crippen LogP contribution in [0.1, 0.15) is 79.0 Å². The number of carbonyl (C=O) groups is 1. The average Bonchev–Trinajstić information content (AvgIpc) is 3.54. The van der Waals surface area contributed by atoms with Gasteiger partial charge in [-0.3, -0.25) is 4.79 Å². The van der Waals surface area contributed by atoms with E-state index in [1.54, 1.807) is 0 Å². The second-order valence-electron chi connectivity index (χ2n) is 11.0. The zero-order valence-electron chi connectivity index (χ0n) is 22.7. The van der Waals surface area contributed by atoms with Gasteiger partial charge in [0.2, 0.25) is 0 Å².